The Morgan fingerprint density at radius 1 is 1.18 bits per heavy atom. The standard InChI is InChI=1S/C16H24N2O4/c1-3-4-10-21-11-6-9-17-16(20)18-14-7-5-8-15(12-14)22-13(2)19/h5,7-8,12H,3-4,6,9-11H2,1-2H3,(H2,17,18,20). The van der Waals surface area contributed by atoms with E-state index in [2.05, 4.69) is 17.6 Å². The van der Waals surface area contributed by atoms with Crippen molar-refractivity contribution in [2.45, 2.75) is 33.1 Å². The zero-order valence-electron chi connectivity index (χ0n) is 13.2. The van der Waals surface area contributed by atoms with Crippen molar-refractivity contribution in [1.82, 2.24) is 5.32 Å². The van der Waals surface area contributed by atoms with Gasteiger partial charge in [-0.2, -0.15) is 0 Å². The van der Waals surface area contributed by atoms with E-state index >= 15 is 0 Å². The van der Waals surface area contributed by atoms with Gasteiger partial charge in [0.05, 0.1) is 0 Å². The second-order valence-electron chi connectivity index (χ2n) is 4.82. The van der Waals surface area contributed by atoms with Crippen LogP contribution >= 0.6 is 0 Å². The molecule has 0 heterocycles. The Bertz CT molecular complexity index is 477. The lowest BCUT2D eigenvalue weighted by Gasteiger charge is -2.09. The Hall–Kier alpha value is -2.08. The van der Waals surface area contributed by atoms with Gasteiger partial charge in [0.15, 0.2) is 0 Å². The van der Waals surface area contributed by atoms with Crippen LogP contribution in [0.15, 0.2) is 24.3 Å². The minimum atomic E-state index is -0.398. The van der Waals surface area contributed by atoms with Crippen LogP contribution in [0.2, 0.25) is 0 Å². The number of anilines is 1. The van der Waals surface area contributed by atoms with Crippen LogP contribution in [0.1, 0.15) is 33.1 Å². The van der Waals surface area contributed by atoms with Crippen molar-refractivity contribution in [3.63, 3.8) is 0 Å². The molecule has 0 aliphatic heterocycles. The highest BCUT2D eigenvalue weighted by Gasteiger charge is 2.03. The van der Waals surface area contributed by atoms with Crippen molar-refractivity contribution >= 4 is 17.7 Å². The molecule has 2 amide bonds. The summed E-state index contributed by atoms with van der Waals surface area (Å²) in [6.07, 6.45) is 2.95. The first kappa shape index (κ1) is 18.0. The molecule has 0 spiro atoms. The number of rotatable bonds is 9. The summed E-state index contributed by atoms with van der Waals surface area (Å²) in [7, 11) is 0. The van der Waals surface area contributed by atoms with Gasteiger partial charge in [0.25, 0.3) is 0 Å². The van der Waals surface area contributed by atoms with Gasteiger partial charge in [-0.05, 0) is 25.0 Å². The molecule has 1 rings (SSSR count). The van der Waals surface area contributed by atoms with Crippen molar-refractivity contribution in [1.29, 1.82) is 0 Å². The molecule has 1 aromatic carbocycles. The van der Waals surface area contributed by atoms with Crippen molar-refractivity contribution in [2.24, 2.45) is 0 Å². The first-order valence-electron chi connectivity index (χ1n) is 7.53. The molecule has 0 saturated heterocycles. The Kier molecular flexibility index (Phi) is 8.67. The summed E-state index contributed by atoms with van der Waals surface area (Å²) in [5.74, 6) is -0.000649. The summed E-state index contributed by atoms with van der Waals surface area (Å²) in [4.78, 5) is 22.6. The van der Waals surface area contributed by atoms with E-state index in [0.29, 0.717) is 24.6 Å². The maximum absolute atomic E-state index is 11.7. The molecule has 0 radical (unpaired) electrons. The summed E-state index contributed by atoms with van der Waals surface area (Å²) in [5.41, 5.74) is 0.565. The third kappa shape index (κ3) is 8.26. The zero-order valence-corrected chi connectivity index (χ0v) is 13.2. The normalized spacial score (nSPS) is 10.1. The average molecular weight is 308 g/mol. The number of esters is 1. The largest absolute Gasteiger partial charge is 0.427 e. The molecule has 6 heteroatoms. The molecule has 22 heavy (non-hydrogen) atoms. The van der Waals surface area contributed by atoms with Gasteiger partial charge in [0.2, 0.25) is 0 Å². The summed E-state index contributed by atoms with van der Waals surface area (Å²) in [5, 5.41) is 5.43. The molecular formula is C16H24N2O4. The van der Waals surface area contributed by atoms with Gasteiger partial charge in [0.1, 0.15) is 5.75 Å². The van der Waals surface area contributed by atoms with Gasteiger partial charge in [-0.15, -0.1) is 0 Å². The lowest BCUT2D eigenvalue weighted by atomic mass is 10.3. The maximum Gasteiger partial charge on any atom is 0.319 e. The van der Waals surface area contributed by atoms with Crippen LogP contribution in [0, 0.1) is 0 Å². The van der Waals surface area contributed by atoms with E-state index in [1.165, 1.54) is 6.92 Å². The van der Waals surface area contributed by atoms with Crippen molar-refractivity contribution in [2.75, 3.05) is 25.1 Å². The van der Waals surface area contributed by atoms with E-state index in [-0.39, 0.29) is 6.03 Å². The second-order valence-corrected chi connectivity index (χ2v) is 4.82. The summed E-state index contributed by atoms with van der Waals surface area (Å²) >= 11 is 0. The van der Waals surface area contributed by atoms with Crippen molar-refractivity contribution in [3.05, 3.63) is 24.3 Å². The number of amides is 2. The first-order valence-corrected chi connectivity index (χ1v) is 7.53. The van der Waals surface area contributed by atoms with Crippen LogP contribution in [-0.2, 0) is 9.53 Å². The van der Waals surface area contributed by atoms with Gasteiger partial charge < -0.3 is 20.1 Å². The quantitative estimate of drug-likeness (QED) is 0.418. The third-order valence-corrected chi connectivity index (χ3v) is 2.75. The Balaban J connectivity index is 2.23. The fourth-order valence-electron chi connectivity index (χ4n) is 1.70. The molecule has 0 aromatic heterocycles. The molecule has 0 aliphatic rings. The molecule has 0 fully saturated rings. The Labute approximate surface area is 131 Å². The van der Waals surface area contributed by atoms with Crippen LogP contribution in [0.3, 0.4) is 0 Å². The van der Waals surface area contributed by atoms with E-state index in [1.807, 2.05) is 0 Å². The molecule has 2 N–H and O–H groups in total. The number of benzene rings is 1. The number of unbranched alkanes of at least 4 members (excludes halogenated alkanes) is 1. The fraction of sp³-hybridized carbons (Fsp3) is 0.500. The molecule has 0 unspecified atom stereocenters. The van der Waals surface area contributed by atoms with Crippen LogP contribution in [-0.4, -0.2) is 31.8 Å². The summed E-state index contributed by atoms with van der Waals surface area (Å²) < 4.78 is 10.4. The van der Waals surface area contributed by atoms with Gasteiger partial charge >= 0.3 is 12.0 Å². The van der Waals surface area contributed by atoms with Crippen molar-refractivity contribution in [3.8, 4) is 5.75 Å². The Morgan fingerprint density at radius 3 is 2.68 bits per heavy atom. The number of ether oxygens (including phenoxy) is 2. The number of hydrogen-bond donors (Lipinski definition) is 2. The molecule has 6 nitrogen and oxygen atoms in total. The highest BCUT2D eigenvalue weighted by molar-refractivity contribution is 5.89. The first-order chi connectivity index (χ1) is 10.6. The number of urea groups is 1. The number of hydrogen-bond acceptors (Lipinski definition) is 4. The monoisotopic (exact) mass is 308 g/mol. The van der Waals surface area contributed by atoms with E-state index < -0.39 is 5.97 Å². The lowest BCUT2D eigenvalue weighted by Crippen LogP contribution is -2.30. The molecular weight excluding hydrogens is 284 g/mol. The van der Waals surface area contributed by atoms with Crippen LogP contribution in [0.4, 0.5) is 10.5 Å². The average Bonchev–Trinajstić information content (AvgIpc) is 2.46. The molecule has 0 aliphatic carbocycles. The van der Waals surface area contributed by atoms with Crippen LogP contribution in [0.25, 0.3) is 0 Å². The van der Waals surface area contributed by atoms with E-state index in [1.54, 1.807) is 24.3 Å². The molecule has 0 atom stereocenters. The third-order valence-electron chi connectivity index (χ3n) is 2.75. The minimum absolute atomic E-state index is 0.298. The van der Waals surface area contributed by atoms with E-state index in [4.69, 9.17) is 9.47 Å². The molecule has 0 saturated carbocycles. The van der Waals surface area contributed by atoms with Crippen LogP contribution < -0.4 is 15.4 Å². The predicted molar refractivity (Wildman–Crippen MR) is 85.1 cm³/mol. The fourth-order valence-corrected chi connectivity index (χ4v) is 1.70. The molecule has 0 bridgehead atoms. The van der Waals surface area contributed by atoms with E-state index in [0.717, 1.165) is 25.9 Å². The molecule has 1 aromatic rings. The summed E-state index contributed by atoms with van der Waals surface area (Å²) in [6, 6.07) is 6.37. The van der Waals surface area contributed by atoms with Crippen molar-refractivity contribution < 1.29 is 19.1 Å². The Morgan fingerprint density at radius 2 is 1.95 bits per heavy atom. The highest BCUT2D eigenvalue weighted by Crippen LogP contribution is 2.17. The number of carbonyl (C=O) groups excluding carboxylic acids is 2. The van der Waals surface area contributed by atoms with Gasteiger partial charge in [-0.25, -0.2) is 4.79 Å². The maximum atomic E-state index is 11.7. The summed E-state index contributed by atoms with van der Waals surface area (Å²) in [6.45, 7) is 5.40. The number of carbonyl (C=O) groups is 2. The highest BCUT2D eigenvalue weighted by atomic mass is 16.5. The van der Waals surface area contributed by atoms with Crippen LogP contribution in [0.5, 0.6) is 5.75 Å². The topological polar surface area (TPSA) is 76.7 Å². The van der Waals surface area contributed by atoms with E-state index in [9.17, 15) is 9.59 Å². The molecule has 122 valence electrons. The zero-order chi connectivity index (χ0) is 16.2. The predicted octanol–water partition coefficient (Wildman–Crippen LogP) is 2.94. The number of nitrogens with one attached hydrogen (secondary N) is 2. The van der Waals surface area contributed by atoms with Gasteiger partial charge in [-0.1, -0.05) is 19.4 Å². The smallest absolute Gasteiger partial charge is 0.319 e. The second kappa shape index (κ2) is 10.6. The lowest BCUT2D eigenvalue weighted by molar-refractivity contribution is -0.131. The minimum Gasteiger partial charge on any atom is -0.427 e. The SMILES string of the molecule is CCCCOCCCNC(=O)Nc1cccc(OC(C)=O)c1. The van der Waals surface area contributed by atoms with Gasteiger partial charge in [0, 0.05) is 38.4 Å². The van der Waals surface area contributed by atoms with Gasteiger partial charge in [-0.3, -0.25) is 4.79 Å².